The van der Waals surface area contributed by atoms with Gasteiger partial charge in [-0.3, -0.25) is 14.3 Å². The molecule has 0 spiro atoms. The highest BCUT2D eigenvalue weighted by molar-refractivity contribution is 7.20. The van der Waals surface area contributed by atoms with E-state index in [0.717, 1.165) is 37.1 Å². The number of rotatable bonds is 2. The Morgan fingerprint density at radius 2 is 1.57 bits per heavy atom. The number of carbonyl (C=O) groups excluding carboxylic acids is 2. The summed E-state index contributed by atoms with van der Waals surface area (Å²) in [6, 6.07) is 15.7. The molecule has 0 atom stereocenters. The first-order valence-electron chi connectivity index (χ1n) is 10.0. The summed E-state index contributed by atoms with van der Waals surface area (Å²) < 4.78 is 1.83. The van der Waals surface area contributed by atoms with E-state index in [-0.39, 0.29) is 11.8 Å². The fraction of sp³-hybridized carbons (Fsp3) is 0.261. The van der Waals surface area contributed by atoms with E-state index in [2.05, 4.69) is 5.10 Å². The summed E-state index contributed by atoms with van der Waals surface area (Å²) in [5, 5.41) is 7.47. The van der Waals surface area contributed by atoms with Gasteiger partial charge in [0.25, 0.3) is 11.8 Å². The van der Waals surface area contributed by atoms with E-state index in [1.165, 1.54) is 11.3 Å². The number of nitrogens with zero attached hydrogens (tertiary/aromatic N) is 4. The van der Waals surface area contributed by atoms with Crippen LogP contribution in [0.2, 0.25) is 0 Å². The molecule has 0 aliphatic carbocycles. The van der Waals surface area contributed by atoms with Gasteiger partial charge in [0.1, 0.15) is 4.83 Å². The number of carbonyl (C=O) groups is 2. The number of thiophene rings is 1. The van der Waals surface area contributed by atoms with Gasteiger partial charge in [0, 0.05) is 44.2 Å². The Balaban J connectivity index is 1.31. The van der Waals surface area contributed by atoms with Gasteiger partial charge in [0.15, 0.2) is 0 Å². The number of aryl methyl sites for hydroxylation is 2. The fourth-order valence-electron chi connectivity index (χ4n) is 4.16. The maximum Gasteiger partial charge on any atom is 0.264 e. The Labute approximate surface area is 178 Å². The zero-order chi connectivity index (χ0) is 20.8. The highest BCUT2D eigenvalue weighted by atomic mass is 32.1. The zero-order valence-electron chi connectivity index (χ0n) is 17.0. The quantitative estimate of drug-likeness (QED) is 0.499. The lowest BCUT2D eigenvalue weighted by atomic mass is 10.0. The predicted molar refractivity (Wildman–Crippen MR) is 119 cm³/mol. The lowest BCUT2D eigenvalue weighted by molar-refractivity contribution is 0.0539. The molecule has 1 saturated heterocycles. The van der Waals surface area contributed by atoms with E-state index < -0.39 is 0 Å². The third-order valence-electron chi connectivity index (χ3n) is 5.78. The minimum absolute atomic E-state index is 0.0301. The molecule has 0 radical (unpaired) electrons. The van der Waals surface area contributed by atoms with Crippen LogP contribution in [0.3, 0.4) is 0 Å². The van der Waals surface area contributed by atoms with Crippen LogP contribution in [0.15, 0.2) is 48.5 Å². The van der Waals surface area contributed by atoms with E-state index >= 15 is 0 Å². The van der Waals surface area contributed by atoms with Crippen molar-refractivity contribution in [1.29, 1.82) is 0 Å². The summed E-state index contributed by atoms with van der Waals surface area (Å²) in [6.45, 7) is 4.13. The van der Waals surface area contributed by atoms with Crippen molar-refractivity contribution in [1.82, 2.24) is 19.6 Å². The summed E-state index contributed by atoms with van der Waals surface area (Å²) in [7, 11) is 1.90. The number of hydrogen-bond donors (Lipinski definition) is 0. The Morgan fingerprint density at radius 3 is 2.30 bits per heavy atom. The molecule has 6 nitrogen and oxygen atoms in total. The molecule has 0 saturated carbocycles. The van der Waals surface area contributed by atoms with Crippen LogP contribution < -0.4 is 0 Å². The topological polar surface area (TPSA) is 58.4 Å². The normalized spacial score (nSPS) is 14.6. The van der Waals surface area contributed by atoms with Crippen molar-refractivity contribution in [3.63, 3.8) is 0 Å². The molecule has 30 heavy (non-hydrogen) atoms. The van der Waals surface area contributed by atoms with Crippen LogP contribution >= 0.6 is 11.3 Å². The minimum Gasteiger partial charge on any atom is -0.335 e. The van der Waals surface area contributed by atoms with Crippen molar-refractivity contribution in [3.8, 4) is 0 Å². The molecule has 0 unspecified atom stereocenters. The summed E-state index contributed by atoms with van der Waals surface area (Å²) in [5.41, 5.74) is 1.66. The van der Waals surface area contributed by atoms with Gasteiger partial charge in [0.2, 0.25) is 0 Å². The molecule has 1 aliphatic heterocycles. The molecule has 0 bridgehead atoms. The molecular weight excluding hydrogens is 396 g/mol. The molecule has 3 heterocycles. The van der Waals surface area contributed by atoms with Crippen LogP contribution in [0.4, 0.5) is 0 Å². The highest BCUT2D eigenvalue weighted by Crippen LogP contribution is 2.29. The molecule has 4 aromatic rings. The van der Waals surface area contributed by atoms with Crippen LogP contribution in [-0.4, -0.2) is 57.6 Å². The monoisotopic (exact) mass is 418 g/mol. The van der Waals surface area contributed by atoms with Gasteiger partial charge in [-0.05, 0) is 29.8 Å². The van der Waals surface area contributed by atoms with Crippen LogP contribution in [0.5, 0.6) is 0 Å². The molecule has 5 rings (SSSR count). The first-order valence-corrected chi connectivity index (χ1v) is 10.8. The Morgan fingerprint density at radius 1 is 0.900 bits per heavy atom. The van der Waals surface area contributed by atoms with Gasteiger partial charge in [-0.15, -0.1) is 11.3 Å². The molecule has 2 amide bonds. The van der Waals surface area contributed by atoms with E-state index in [1.807, 2.05) is 77.0 Å². The second kappa shape index (κ2) is 7.25. The standard InChI is InChI=1S/C23H22N4O2S/c1-15-19-14-20(30-23(19)25(2)24-15)22(29)27-12-10-26(11-13-27)21(28)18-9-5-7-16-6-3-4-8-17(16)18/h3-9,14H,10-13H2,1-2H3. The number of hydrogen-bond acceptors (Lipinski definition) is 4. The molecule has 2 aromatic carbocycles. The number of benzene rings is 2. The Hall–Kier alpha value is -3.19. The summed E-state index contributed by atoms with van der Waals surface area (Å²) in [4.78, 5) is 31.6. The van der Waals surface area contributed by atoms with Gasteiger partial charge < -0.3 is 9.80 Å². The number of aromatic nitrogens is 2. The van der Waals surface area contributed by atoms with Crippen molar-refractivity contribution in [2.24, 2.45) is 7.05 Å². The summed E-state index contributed by atoms with van der Waals surface area (Å²) in [6.07, 6.45) is 0. The van der Waals surface area contributed by atoms with Gasteiger partial charge in [-0.1, -0.05) is 36.4 Å². The van der Waals surface area contributed by atoms with Crippen LogP contribution in [0.25, 0.3) is 21.0 Å². The Kier molecular flexibility index (Phi) is 4.55. The van der Waals surface area contributed by atoms with Gasteiger partial charge in [0.05, 0.1) is 10.6 Å². The lowest BCUT2D eigenvalue weighted by Gasteiger charge is -2.34. The summed E-state index contributed by atoms with van der Waals surface area (Å²) in [5.74, 6) is 0.0651. The second-order valence-corrected chi connectivity index (χ2v) is 8.68. The maximum atomic E-state index is 13.1. The molecule has 2 aromatic heterocycles. The molecule has 1 fully saturated rings. The van der Waals surface area contributed by atoms with Gasteiger partial charge >= 0.3 is 0 Å². The third kappa shape index (κ3) is 3.06. The average molecular weight is 419 g/mol. The molecule has 7 heteroatoms. The minimum atomic E-state index is 0.0301. The Bertz CT molecular complexity index is 1240. The van der Waals surface area contributed by atoms with E-state index in [0.29, 0.717) is 26.2 Å². The zero-order valence-corrected chi connectivity index (χ0v) is 17.8. The predicted octanol–water partition coefficient (Wildman–Crippen LogP) is 3.69. The molecule has 0 N–H and O–H groups in total. The van der Waals surface area contributed by atoms with Crippen LogP contribution in [0.1, 0.15) is 25.7 Å². The van der Waals surface area contributed by atoms with E-state index in [1.54, 1.807) is 0 Å². The lowest BCUT2D eigenvalue weighted by Crippen LogP contribution is -2.50. The van der Waals surface area contributed by atoms with Crippen molar-refractivity contribution in [2.75, 3.05) is 26.2 Å². The van der Waals surface area contributed by atoms with E-state index in [4.69, 9.17) is 0 Å². The molecule has 1 aliphatic rings. The highest BCUT2D eigenvalue weighted by Gasteiger charge is 2.27. The molecular formula is C23H22N4O2S. The van der Waals surface area contributed by atoms with Crippen LogP contribution in [-0.2, 0) is 7.05 Å². The van der Waals surface area contributed by atoms with Crippen LogP contribution in [0, 0.1) is 6.92 Å². The average Bonchev–Trinajstić information content (AvgIpc) is 3.33. The van der Waals surface area contributed by atoms with Gasteiger partial charge in [-0.2, -0.15) is 5.10 Å². The van der Waals surface area contributed by atoms with E-state index in [9.17, 15) is 9.59 Å². The smallest absolute Gasteiger partial charge is 0.264 e. The number of amides is 2. The van der Waals surface area contributed by atoms with Gasteiger partial charge in [-0.25, -0.2) is 0 Å². The third-order valence-corrected chi connectivity index (χ3v) is 6.97. The first-order chi connectivity index (χ1) is 14.5. The second-order valence-electron chi connectivity index (χ2n) is 7.65. The first kappa shape index (κ1) is 18.8. The van der Waals surface area contributed by atoms with Crippen molar-refractivity contribution >= 4 is 44.1 Å². The van der Waals surface area contributed by atoms with Crippen molar-refractivity contribution in [3.05, 3.63) is 64.7 Å². The number of fused-ring (bicyclic) bond motifs is 2. The van der Waals surface area contributed by atoms with Crippen molar-refractivity contribution in [2.45, 2.75) is 6.92 Å². The largest absolute Gasteiger partial charge is 0.335 e. The fourth-order valence-corrected chi connectivity index (χ4v) is 5.25. The summed E-state index contributed by atoms with van der Waals surface area (Å²) >= 11 is 1.48. The number of piperazine rings is 1. The SMILES string of the molecule is Cc1nn(C)c2sc(C(=O)N3CCN(C(=O)c4cccc5ccccc45)CC3)cc12. The maximum absolute atomic E-state index is 13.1. The van der Waals surface area contributed by atoms with Crippen molar-refractivity contribution < 1.29 is 9.59 Å². The molecule has 152 valence electrons.